The summed E-state index contributed by atoms with van der Waals surface area (Å²) in [7, 11) is 1.74. The highest BCUT2D eigenvalue weighted by Gasteiger charge is 2.11. The SMILES string of the molecule is CCNC(COC)Cc1ccn(C(C)CC)n1. The summed E-state index contributed by atoms with van der Waals surface area (Å²) < 4.78 is 7.25. The van der Waals surface area contributed by atoms with E-state index < -0.39 is 0 Å². The predicted molar refractivity (Wildman–Crippen MR) is 70.3 cm³/mol. The van der Waals surface area contributed by atoms with Gasteiger partial charge in [0.1, 0.15) is 0 Å². The summed E-state index contributed by atoms with van der Waals surface area (Å²) in [5.41, 5.74) is 1.13. The second kappa shape index (κ2) is 7.45. The first kappa shape index (κ1) is 14.2. The van der Waals surface area contributed by atoms with Crippen molar-refractivity contribution in [1.29, 1.82) is 0 Å². The summed E-state index contributed by atoms with van der Waals surface area (Å²) in [6.07, 6.45) is 4.10. The number of hydrogen-bond donors (Lipinski definition) is 1. The molecule has 1 heterocycles. The number of aromatic nitrogens is 2. The normalized spacial score (nSPS) is 14.8. The van der Waals surface area contributed by atoms with Crippen LogP contribution in [0, 0.1) is 0 Å². The molecule has 0 bridgehead atoms. The van der Waals surface area contributed by atoms with E-state index in [4.69, 9.17) is 4.74 Å². The van der Waals surface area contributed by atoms with Crippen LogP contribution in [0.3, 0.4) is 0 Å². The summed E-state index contributed by atoms with van der Waals surface area (Å²) in [4.78, 5) is 0. The highest BCUT2D eigenvalue weighted by Crippen LogP contribution is 2.10. The van der Waals surface area contributed by atoms with E-state index in [2.05, 4.69) is 43.4 Å². The van der Waals surface area contributed by atoms with E-state index in [1.165, 1.54) is 0 Å². The number of methoxy groups -OCH3 is 1. The maximum Gasteiger partial charge on any atom is 0.0641 e. The lowest BCUT2D eigenvalue weighted by Gasteiger charge is -2.15. The second-order valence-corrected chi connectivity index (χ2v) is 4.46. The molecule has 0 saturated heterocycles. The van der Waals surface area contributed by atoms with Crippen molar-refractivity contribution in [3.05, 3.63) is 18.0 Å². The van der Waals surface area contributed by atoms with Crippen LogP contribution < -0.4 is 5.32 Å². The van der Waals surface area contributed by atoms with Crippen molar-refractivity contribution in [2.45, 2.75) is 45.7 Å². The van der Waals surface area contributed by atoms with Gasteiger partial charge in [0.25, 0.3) is 0 Å². The van der Waals surface area contributed by atoms with E-state index in [1.807, 2.05) is 4.68 Å². The third-order valence-electron chi connectivity index (χ3n) is 3.02. The Hall–Kier alpha value is -0.870. The molecule has 2 unspecified atom stereocenters. The maximum atomic E-state index is 5.21. The average Bonchev–Trinajstić information content (AvgIpc) is 2.77. The van der Waals surface area contributed by atoms with Gasteiger partial charge in [-0.3, -0.25) is 4.68 Å². The van der Waals surface area contributed by atoms with Crippen molar-refractivity contribution in [2.24, 2.45) is 0 Å². The minimum atomic E-state index is 0.352. The van der Waals surface area contributed by atoms with Gasteiger partial charge in [-0.05, 0) is 26.0 Å². The van der Waals surface area contributed by atoms with Crippen LogP contribution in [0.1, 0.15) is 38.9 Å². The molecule has 0 amide bonds. The molecule has 0 spiro atoms. The van der Waals surface area contributed by atoms with Crippen molar-refractivity contribution >= 4 is 0 Å². The first-order valence-corrected chi connectivity index (χ1v) is 6.47. The number of hydrogen-bond acceptors (Lipinski definition) is 3. The Kier molecular flexibility index (Phi) is 6.22. The molecule has 98 valence electrons. The Labute approximate surface area is 104 Å². The minimum Gasteiger partial charge on any atom is -0.383 e. The zero-order chi connectivity index (χ0) is 12.7. The Morgan fingerprint density at radius 2 is 2.24 bits per heavy atom. The van der Waals surface area contributed by atoms with E-state index >= 15 is 0 Å². The molecule has 0 fully saturated rings. The minimum absolute atomic E-state index is 0.352. The van der Waals surface area contributed by atoms with Gasteiger partial charge in [-0.15, -0.1) is 0 Å². The molecule has 1 aromatic heterocycles. The molecule has 17 heavy (non-hydrogen) atoms. The van der Waals surface area contributed by atoms with E-state index in [9.17, 15) is 0 Å². The van der Waals surface area contributed by atoms with Crippen LogP contribution in [0.4, 0.5) is 0 Å². The lowest BCUT2D eigenvalue weighted by Crippen LogP contribution is -2.35. The molecule has 1 N–H and O–H groups in total. The summed E-state index contributed by atoms with van der Waals surface area (Å²) >= 11 is 0. The zero-order valence-corrected chi connectivity index (χ0v) is 11.4. The molecule has 1 rings (SSSR count). The van der Waals surface area contributed by atoms with Crippen molar-refractivity contribution in [3.63, 3.8) is 0 Å². The molecule has 0 radical (unpaired) electrons. The second-order valence-electron chi connectivity index (χ2n) is 4.46. The summed E-state index contributed by atoms with van der Waals surface area (Å²) in [5, 5.41) is 8.02. The number of ether oxygens (including phenoxy) is 1. The van der Waals surface area contributed by atoms with Crippen molar-refractivity contribution in [2.75, 3.05) is 20.3 Å². The fraction of sp³-hybridized carbons (Fsp3) is 0.769. The topological polar surface area (TPSA) is 39.1 Å². The molecular formula is C13H25N3O. The van der Waals surface area contributed by atoms with Crippen molar-refractivity contribution < 1.29 is 4.74 Å². The smallest absolute Gasteiger partial charge is 0.0641 e. The molecule has 4 nitrogen and oxygen atoms in total. The largest absolute Gasteiger partial charge is 0.383 e. The first-order chi connectivity index (χ1) is 8.21. The van der Waals surface area contributed by atoms with Gasteiger partial charge < -0.3 is 10.1 Å². The first-order valence-electron chi connectivity index (χ1n) is 6.47. The van der Waals surface area contributed by atoms with Gasteiger partial charge in [0, 0.05) is 31.8 Å². The molecule has 2 atom stereocenters. The molecule has 0 aliphatic rings. The zero-order valence-electron chi connectivity index (χ0n) is 11.4. The van der Waals surface area contributed by atoms with Crippen LogP contribution in [0.5, 0.6) is 0 Å². The average molecular weight is 239 g/mol. The van der Waals surface area contributed by atoms with Gasteiger partial charge in [0.05, 0.1) is 12.3 Å². The van der Waals surface area contributed by atoms with Crippen LogP contribution in [-0.4, -0.2) is 36.1 Å². The lowest BCUT2D eigenvalue weighted by molar-refractivity contribution is 0.166. The van der Waals surface area contributed by atoms with Gasteiger partial charge in [0.2, 0.25) is 0 Å². The molecule has 0 saturated carbocycles. The number of likely N-dealkylation sites (N-methyl/N-ethyl adjacent to an activating group) is 1. The number of nitrogens with zero attached hydrogens (tertiary/aromatic N) is 2. The molecule has 0 aromatic carbocycles. The Morgan fingerprint density at radius 3 is 2.82 bits per heavy atom. The van der Waals surface area contributed by atoms with Gasteiger partial charge >= 0.3 is 0 Å². The quantitative estimate of drug-likeness (QED) is 0.754. The third kappa shape index (κ3) is 4.48. The van der Waals surface area contributed by atoms with Gasteiger partial charge in [-0.1, -0.05) is 13.8 Å². The third-order valence-corrected chi connectivity index (χ3v) is 3.02. The number of rotatable bonds is 8. The monoisotopic (exact) mass is 239 g/mol. The van der Waals surface area contributed by atoms with Gasteiger partial charge in [-0.25, -0.2) is 0 Å². The van der Waals surface area contributed by atoms with Crippen LogP contribution in [0.15, 0.2) is 12.3 Å². The highest BCUT2D eigenvalue weighted by atomic mass is 16.5. The van der Waals surface area contributed by atoms with Gasteiger partial charge in [0.15, 0.2) is 0 Å². The fourth-order valence-corrected chi connectivity index (χ4v) is 1.85. The van der Waals surface area contributed by atoms with E-state index in [1.54, 1.807) is 7.11 Å². The molecular weight excluding hydrogens is 214 g/mol. The Balaban J connectivity index is 2.56. The van der Waals surface area contributed by atoms with Crippen molar-refractivity contribution in [1.82, 2.24) is 15.1 Å². The molecule has 4 heteroatoms. The molecule has 1 aromatic rings. The fourth-order valence-electron chi connectivity index (χ4n) is 1.85. The Bertz CT molecular complexity index is 305. The van der Waals surface area contributed by atoms with Crippen LogP contribution in [0.25, 0.3) is 0 Å². The summed E-state index contributed by atoms with van der Waals surface area (Å²) in [5.74, 6) is 0. The van der Waals surface area contributed by atoms with Crippen LogP contribution in [0.2, 0.25) is 0 Å². The highest BCUT2D eigenvalue weighted by molar-refractivity contribution is 5.02. The lowest BCUT2D eigenvalue weighted by atomic mass is 10.1. The number of nitrogens with one attached hydrogen (secondary N) is 1. The van der Waals surface area contributed by atoms with Crippen molar-refractivity contribution in [3.8, 4) is 0 Å². The van der Waals surface area contributed by atoms with E-state index in [0.29, 0.717) is 12.1 Å². The Morgan fingerprint density at radius 1 is 1.47 bits per heavy atom. The van der Waals surface area contributed by atoms with E-state index in [-0.39, 0.29) is 0 Å². The standard InChI is InChI=1S/C13H25N3O/c1-5-11(3)16-8-7-12(15-16)9-13(10-17-4)14-6-2/h7-8,11,13-14H,5-6,9-10H2,1-4H3. The predicted octanol–water partition coefficient (Wildman–Crippen LogP) is 2.02. The van der Waals surface area contributed by atoms with Gasteiger partial charge in [-0.2, -0.15) is 5.10 Å². The van der Waals surface area contributed by atoms with Crippen LogP contribution in [-0.2, 0) is 11.2 Å². The molecule has 0 aliphatic carbocycles. The maximum absolute atomic E-state index is 5.21. The summed E-state index contributed by atoms with van der Waals surface area (Å²) in [6, 6.07) is 2.93. The van der Waals surface area contributed by atoms with Crippen LogP contribution >= 0.6 is 0 Å². The molecule has 0 aliphatic heterocycles. The summed E-state index contributed by atoms with van der Waals surface area (Å²) in [6.45, 7) is 8.16. The van der Waals surface area contributed by atoms with E-state index in [0.717, 1.165) is 31.7 Å².